The van der Waals surface area contributed by atoms with Gasteiger partial charge in [-0.15, -0.1) is 0 Å². The van der Waals surface area contributed by atoms with Crippen LogP contribution >= 0.6 is 18.0 Å². The van der Waals surface area contributed by atoms with E-state index in [1.54, 1.807) is 18.2 Å². The minimum atomic E-state index is -3.65. The first-order valence-electron chi connectivity index (χ1n) is 4.84. The van der Waals surface area contributed by atoms with Crippen molar-refractivity contribution in [2.24, 2.45) is 0 Å². The predicted octanol–water partition coefficient (Wildman–Crippen LogP) is 1.83. The van der Waals surface area contributed by atoms with Gasteiger partial charge in [-0.25, -0.2) is 4.79 Å². The molecule has 0 bridgehead atoms. The summed E-state index contributed by atoms with van der Waals surface area (Å²) in [6.07, 6.45) is 0. The van der Waals surface area contributed by atoms with Gasteiger partial charge >= 0.3 is 12.7 Å². The van der Waals surface area contributed by atoms with Crippen molar-refractivity contribution in [3.8, 4) is 0 Å². The van der Waals surface area contributed by atoms with Crippen molar-refractivity contribution >= 4 is 29.2 Å². The van der Waals surface area contributed by atoms with Gasteiger partial charge < -0.3 is 9.36 Å². The summed E-state index contributed by atoms with van der Waals surface area (Å²) >= 11 is 5.74. The molecule has 0 aliphatic rings. The third-order valence-corrected chi connectivity index (χ3v) is 4.04. The fraction of sp³-hybridized carbons (Fsp3) is 0.300. The summed E-state index contributed by atoms with van der Waals surface area (Å²) in [7, 11) is 1.36. The number of hydroxylamine groups is 1. The van der Waals surface area contributed by atoms with Gasteiger partial charge in [-0.3, -0.25) is 4.57 Å². The van der Waals surface area contributed by atoms with Gasteiger partial charge in [0.05, 0.1) is 12.4 Å². The Morgan fingerprint density at radius 2 is 2.00 bits per heavy atom. The van der Waals surface area contributed by atoms with Gasteiger partial charge in [0.25, 0.3) is 0 Å². The van der Waals surface area contributed by atoms with E-state index in [2.05, 4.69) is 10.3 Å². The van der Waals surface area contributed by atoms with Crippen LogP contribution in [0.1, 0.15) is 6.92 Å². The van der Waals surface area contributed by atoms with Crippen LogP contribution in [-0.2, 0) is 18.7 Å². The lowest BCUT2D eigenvalue weighted by Crippen LogP contribution is -2.34. The number of nitrogens with one attached hydrogen (secondary N) is 1. The van der Waals surface area contributed by atoms with Crippen LogP contribution in [-0.4, -0.2) is 19.1 Å². The molecule has 5 nitrogen and oxygen atoms in total. The van der Waals surface area contributed by atoms with Gasteiger partial charge in [-0.1, -0.05) is 18.2 Å². The van der Waals surface area contributed by atoms with Gasteiger partial charge in [0.2, 0.25) is 0 Å². The van der Waals surface area contributed by atoms with E-state index in [1.807, 2.05) is 0 Å². The lowest BCUT2D eigenvalue weighted by atomic mass is 10.4. The van der Waals surface area contributed by atoms with E-state index in [1.165, 1.54) is 26.2 Å². The molecular weight excluding hydrogens is 265 g/mol. The number of carbonyl (C=O) groups excluding carboxylic acids is 1. The molecule has 0 saturated carbocycles. The minimum Gasteiger partial charge on any atom is -0.396 e. The summed E-state index contributed by atoms with van der Waals surface area (Å²) in [5, 5.41) is 0.277. The molecule has 0 saturated heterocycles. The van der Waals surface area contributed by atoms with Crippen molar-refractivity contribution in [3.05, 3.63) is 30.3 Å². The molecule has 0 spiro atoms. The van der Waals surface area contributed by atoms with Gasteiger partial charge in [0.15, 0.2) is 0 Å². The molecule has 0 aliphatic heterocycles. The van der Waals surface area contributed by atoms with E-state index in [4.69, 9.17) is 15.8 Å². The molecule has 17 heavy (non-hydrogen) atoms. The Kier molecular flexibility index (Phi) is 5.15. The summed E-state index contributed by atoms with van der Waals surface area (Å²) in [4.78, 5) is 16.1. The third-order valence-electron chi connectivity index (χ3n) is 1.92. The summed E-state index contributed by atoms with van der Waals surface area (Å²) in [6.45, 7) is -2.14. The summed E-state index contributed by atoms with van der Waals surface area (Å²) < 4.78 is 16.8. The molecule has 94 valence electrons. The van der Waals surface area contributed by atoms with Crippen LogP contribution in [0.15, 0.2) is 30.3 Å². The standard InChI is InChI=1S/C10H13ClNO4P/c1-8(12-15-2)10(13)16-17(11,14)9-6-4-3-5-7-9/h3-8,12H,1-2H3/t8-,17?/m0/s1. The summed E-state index contributed by atoms with van der Waals surface area (Å²) in [5.74, 6) is -0.742. The van der Waals surface area contributed by atoms with E-state index >= 15 is 0 Å². The molecule has 1 N–H and O–H groups in total. The highest BCUT2D eigenvalue weighted by Gasteiger charge is 2.29. The first-order valence-corrected chi connectivity index (χ1v) is 7.37. The fourth-order valence-corrected chi connectivity index (χ4v) is 2.64. The molecule has 1 unspecified atom stereocenters. The number of halogens is 1. The second-order valence-electron chi connectivity index (χ2n) is 3.27. The minimum absolute atomic E-state index is 0.277. The molecule has 1 rings (SSSR count). The average Bonchev–Trinajstić information content (AvgIpc) is 2.30. The zero-order valence-electron chi connectivity index (χ0n) is 9.42. The van der Waals surface area contributed by atoms with Gasteiger partial charge in [0.1, 0.15) is 6.04 Å². The highest BCUT2D eigenvalue weighted by molar-refractivity contribution is 7.91. The van der Waals surface area contributed by atoms with Crippen molar-refractivity contribution in [1.82, 2.24) is 5.48 Å². The summed E-state index contributed by atoms with van der Waals surface area (Å²) in [5.41, 5.74) is 2.36. The Morgan fingerprint density at radius 3 is 2.53 bits per heavy atom. The molecule has 0 radical (unpaired) electrons. The van der Waals surface area contributed by atoms with Crippen LogP contribution in [0.5, 0.6) is 0 Å². The summed E-state index contributed by atoms with van der Waals surface area (Å²) in [6, 6.07) is 7.39. The number of benzene rings is 1. The second-order valence-corrected chi connectivity index (χ2v) is 6.26. The van der Waals surface area contributed by atoms with Crippen molar-refractivity contribution in [3.63, 3.8) is 0 Å². The first-order chi connectivity index (χ1) is 7.97. The maximum Gasteiger partial charge on any atom is 0.368 e. The molecule has 7 heteroatoms. The van der Waals surface area contributed by atoms with Crippen LogP contribution in [0.25, 0.3) is 0 Å². The second kappa shape index (κ2) is 6.17. The number of hydrogen-bond acceptors (Lipinski definition) is 5. The third kappa shape index (κ3) is 4.13. The lowest BCUT2D eigenvalue weighted by molar-refractivity contribution is -0.139. The van der Waals surface area contributed by atoms with Crippen LogP contribution in [0, 0.1) is 0 Å². The highest BCUT2D eigenvalue weighted by atomic mass is 35.7. The monoisotopic (exact) mass is 277 g/mol. The molecule has 0 fully saturated rings. The van der Waals surface area contributed by atoms with E-state index in [9.17, 15) is 9.36 Å². The normalized spacial score (nSPS) is 15.9. The zero-order valence-corrected chi connectivity index (χ0v) is 11.1. The quantitative estimate of drug-likeness (QED) is 0.657. The molecule has 0 aliphatic carbocycles. The molecule has 2 atom stereocenters. The van der Waals surface area contributed by atoms with E-state index < -0.39 is 18.7 Å². The van der Waals surface area contributed by atoms with Crippen LogP contribution in [0.2, 0.25) is 0 Å². The molecule has 1 aromatic rings. The number of hydrogen-bond donors (Lipinski definition) is 1. The molecule has 0 heterocycles. The van der Waals surface area contributed by atoms with Crippen molar-refractivity contribution in [2.45, 2.75) is 13.0 Å². The smallest absolute Gasteiger partial charge is 0.368 e. The van der Waals surface area contributed by atoms with Crippen LogP contribution in [0.3, 0.4) is 0 Å². The maximum atomic E-state index is 12.0. The molecule has 0 aromatic heterocycles. The van der Waals surface area contributed by atoms with Gasteiger partial charge in [-0.05, 0) is 30.3 Å². The Labute approximate surface area is 104 Å². The topological polar surface area (TPSA) is 64.6 Å². The average molecular weight is 278 g/mol. The lowest BCUT2D eigenvalue weighted by Gasteiger charge is -2.15. The number of carbonyl (C=O) groups is 1. The Hall–Kier alpha value is -0.870. The van der Waals surface area contributed by atoms with E-state index in [0.29, 0.717) is 0 Å². The predicted molar refractivity (Wildman–Crippen MR) is 65.2 cm³/mol. The van der Waals surface area contributed by atoms with E-state index in [0.717, 1.165) is 0 Å². The maximum absolute atomic E-state index is 12.0. The van der Waals surface area contributed by atoms with Gasteiger partial charge in [0, 0.05) is 0 Å². The molecule has 1 aromatic carbocycles. The Morgan fingerprint density at radius 1 is 1.41 bits per heavy atom. The first kappa shape index (κ1) is 14.2. The fourth-order valence-electron chi connectivity index (χ4n) is 1.08. The Balaban J connectivity index is 2.74. The van der Waals surface area contributed by atoms with Crippen LogP contribution < -0.4 is 10.8 Å². The zero-order chi connectivity index (χ0) is 12.9. The van der Waals surface area contributed by atoms with Crippen molar-refractivity contribution < 1.29 is 18.7 Å². The van der Waals surface area contributed by atoms with Crippen LogP contribution in [0.4, 0.5) is 0 Å². The van der Waals surface area contributed by atoms with Crippen molar-refractivity contribution in [2.75, 3.05) is 7.11 Å². The molecular formula is C10H13ClNO4P. The SMILES string of the molecule is CON[C@@H](C)C(=O)OP(=O)(Cl)c1ccccc1. The number of rotatable bonds is 5. The van der Waals surface area contributed by atoms with E-state index in [-0.39, 0.29) is 5.30 Å². The molecule has 0 amide bonds. The largest absolute Gasteiger partial charge is 0.396 e. The van der Waals surface area contributed by atoms with Crippen molar-refractivity contribution in [1.29, 1.82) is 0 Å². The Bertz CT molecular complexity index is 426. The highest BCUT2D eigenvalue weighted by Crippen LogP contribution is 2.51. The van der Waals surface area contributed by atoms with Gasteiger partial charge in [-0.2, -0.15) is 5.48 Å².